The van der Waals surface area contributed by atoms with Gasteiger partial charge in [-0.15, -0.1) is 0 Å². The Labute approximate surface area is 113 Å². The minimum Gasteiger partial charge on any atom is -0.459 e. The van der Waals surface area contributed by atoms with E-state index in [0.717, 1.165) is 15.7 Å². The van der Waals surface area contributed by atoms with Gasteiger partial charge in [0.05, 0.1) is 18.2 Å². The summed E-state index contributed by atoms with van der Waals surface area (Å²) in [7, 11) is 0. The molecule has 1 amide bonds. The van der Waals surface area contributed by atoms with Crippen LogP contribution < -0.4 is 5.32 Å². The molecule has 0 radical (unpaired) electrons. The maximum atomic E-state index is 11.6. The topological polar surface area (TPSA) is 72.4 Å². The van der Waals surface area contributed by atoms with E-state index in [9.17, 15) is 4.79 Å². The van der Waals surface area contributed by atoms with Crippen molar-refractivity contribution in [3.63, 3.8) is 0 Å². The summed E-state index contributed by atoms with van der Waals surface area (Å²) in [5.74, 6) is 0.114. The second-order valence-electron chi connectivity index (χ2n) is 4.06. The standard InChI is InChI=1S/C12H12N4O2S/c1-8-15-16-7-9(14-12(16)19-8)4-5-13-11(17)10-3-2-6-18-10/h2-3,6-7H,4-5H2,1H3,(H,13,17). The Morgan fingerprint density at radius 3 is 3.21 bits per heavy atom. The molecule has 0 atom stereocenters. The van der Waals surface area contributed by atoms with Crippen molar-refractivity contribution in [2.24, 2.45) is 0 Å². The number of carbonyl (C=O) groups excluding carboxylic acids is 1. The molecule has 0 aliphatic heterocycles. The highest BCUT2D eigenvalue weighted by Crippen LogP contribution is 2.13. The lowest BCUT2D eigenvalue weighted by molar-refractivity contribution is 0.0926. The van der Waals surface area contributed by atoms with Crippen molar-refractivity contribution in [3.8, 4) is 0 Å². The number of amides is 1. The smallest absolute Gasteiger partial charge is 0.286 e. The maximum Gasteiger partial charge on any atom is 0.286 e. The van der Waals surface area contributed by atoms with E-state index in [1.807, 2.05) is 13.1 Å². The van der Waals surface area contributed by atoms with Gasteiger partial charge in [0.1, 0.15) is 5.01 Å². The van der Waals surface area contributed by atoms with E-state index in [1.54, 1.807) is 28.0 Å². The summed E-state index contributed by atoms with van der Waals surface area (Å²) >= 11 is 1.55. The van der Waals surface area contributed by atoms with Crippen LogP contribution in [0.5, 0.6) is 0 Å². The van der Waals surface area contributed by atoms with Crippen LogP contribution >= 0.6 is 11.3 Å². The molecule has 0 spiro atoms. The highest BCUT2D eigenvalue weighted by molar-refractivity contribution is 7.16. The summed E-state index contributed by atoms with van der Waals surface area (Å²) in [6.45, 7) is 2.46. The van der Waals surface area contributed by atoms with Gasteiger partial charge < -0.3 is 9.73 Å². The van der Waals surface area contributed by atoms with E-state index in [0.29, 0.717) is 18.7 Å². The van der Waals surface area contributed by atoms with Crippen molar-refractivity contribution in [3.05, 3.63) is 41.1 Å². The molecule has 0 aliphatic carbocycles. The van der Waals surface area contributed by atoms with E-state index in [1.165, 1.54) is 6.26 Å². The average molecular weight is 276 g/mol. The molecule has 98 valence electrons. The van der Waals surface area contributed by atoms with E-state index in [2.05, 4.69) is 15.4 Å². The summed E-state index contributed by atoms with van der Waals surface area (Å²) < 4.78 is 6.77. The molecule has 3 rings (SSSR count). The Hall–Kier alpha value is -2.15. The van der Waals surface area contributed by atoms with Crippen LogP contribution in [0.15, 0.2) is 29.0 Å². The Kier molecular flexibility index (Phi) is 3.04. The van der Waals surface area contributed by atoms with Gasteiger partial charge in [0, 0.05) is 13.0 Å². The molecule has 3 aromatic rings. The van der Waals surface area contributed by atoms with Crippen LogP contribution in [0, 0.1) is 6.92 Å². The number of nitrogens with one attached hydrogen (secondary N) is 1. The summed E-state index contributed by atoms with van der Waals surface area (Å²) in [6, 6.07) is 3.32. The number of hydrogen-bond donors (Lipinski definition) is 1. The zero-order valence-electron chi connectivity index (χ0n) is 10.3. The number of furan rings is 1. The van der Waals surface area contributed by atoms with Crippen LogP contribution in [-0.2, 0) is 6.42 Å². The van der Waals surface area contributed by atoms with Gasteiger partial charge in [0.2, 0.25) is 4.96 Å². The van der Waals surface area contributed by atoms with Gasteiger partial charge >= 0.3 is 0 Å². The number of aromatic nitrogens is 3. The van der Waals surface area contributed by atoms with Gasteiger partial charge in [-0.2, -0.15) is 5.10 Å². The van der Waals surface area contributed by atoms with E-state index in [-0.39, 0.29) is 5.91 Å². The monoisotopic (exact) mass is 276 g/mol. The molecule has 0 fully saturated rings. The normalized spacial score (nSPS) is 11.0. The zero-order valence-corrected chi connectivity index (χ0v) is 11.1. The first-order chi connectivity index (χ1) is 9.22. The Balaban J connectivity index is 1.57. The first-order valence-corrected chi connectivity index (χ1v) is 6.67. The van der Waals surface area contributed by atoms with Crippen molar-refractivity contribution in [2.45, 2.75) is 13.3 Å². The lowest BCUT2D eigenvalue weighted by atomic mass is 10.3. The first kappa shape index (κ1) is 11.9. The molecule has 0 unspecified atom stereocenters. The van der Waals surface area contributed by atoms with Gasteiger partial charge in [-0.1, -0.05) is 11.3 Å². The number of nitrogens with zero attached hydrogens (tertiary/aromatic N) is 3. The molecule has 3 aromatic heterocycles. The number of hydrogen-bond acceptors (Lipinski definition) is 5. The van der Waals surface area contributed by atoms with Crippen LogP contribution in [0.1, 0.15) is 21.3 Å². The predicted molar refractivity (Wildman–Crippen MR) is 70.3 cm³/mol. The van der Waals surface area contributed by atoms with Crippen LogP contribution in [-0.4, -0.2) is 27.0 Å². The Morgan fingerprint density at radius 1 is 1.58 bits per heavy atom. The number of rotatable bonds is 4. The molecule has 6 nitrogen and oxygen atoms in total. The number of carbonyl (C=O) groups is 1. The fraction of sp³-hybridized carbons (Fsp3) is 0.250. The molecular weight excluding hydrogens is 264 g/mol. The van der Waals surface area contributed by atoms with Gasteiger partial charge in [-0.25, -0.2) is 9.50 Å². The molecule has 3 heterocycles. The minimum atomic E-state index is -0.208. The molecular formula is C12H12N4O2S. The van der Waals surface area contributed by atoms with Crippen molar-refractivity contribution in [1.29, 1.82) is 0 Å². The molecule has 0 bridgehead atoms. The highest BCUT2D eigenvalue weighted by Gasteiger charge is 2.09. The van der Waals surface area contributed by atoms with Crippen LogP contribution in [0.2, 0.25) is 0 Å². The molecule has 0 aliphatic rings. The molecule has 0 saturated carbocycles. The second kappa shape index (κ2) is 4.85. The maximum absolute atomic E-state index is 11.6. The molecule has 0 saturated heterocycles. The largest absolute Gasteiger partial charge is 0.459 e. The third-order valence-electron chi connectivity index (χ3n) is 2.61. The predicted octanol–water partition coefficient (Wildman–Crippen LogP) is 1.66. The fourth-order valence-electron chi connectivity index (χ4n) is 1.76. The lowest BCUT2D eigenvalue weighted by Gasteiger charge is -2.00. The summed E-state index contributed by atoms with van der Waals surface area (Å²) in [6.07, 6.45) is 4.03. The van der Waals surface area contributed by atoms with E-state index >= 15 is 0 Å². The lowest BCUT2D eigenvalue weighted by Crippen LogP contribution is -2.25. The third kappa shape index (κ3) is 2.50. The van der Waals surface area contributed by atoms with Crippen LogP contribution in [0.4, 0.5) is 0 Å². The molecule has 7 heteroatoms. The van der Waals surface area contributed by atoms with Crippen molar-refractivity contribution in [1.82, 2.24) is 19.9 Å². The van der Waals surface area contributed by atoms with Gasteiger partial charge in [0.15, 0.2) is 5.76 Å². The van der Waals surface area contributed by atoms with Gasteiger partial charge in [-0.05, 0) is 19.1 Å². The SMILES string of the molecule is Cc1nn2cc(CCNC(=O)c3ccco3)nc2s1. The average Bonchev–Trinajstić information content (AvgIpc) is 3.03. The summed E-state index contributed by atoms with van der Waals surface area (Å²) in [5, 5.41) is 8.06. The quantitative estimate of drug-likeness (QED) is 0.786. The molecule has 0 aromatic carbocycles. The number of imidazole rings is 1. The Morgan fingerprint density at radius 2 is 2.47 bits per heavy atom. The summed E-state index contributed by atoms with van der Waals surface area (Å²) in [5.41, 5.74) is 0.915. The first-order valence-electron chi connectivity index (χ1n) is 5.86. The van der Waals surface area contributed by atoms with Gasteiger partial charge in [0.25, 0.3) is 5.91 Å². The molecule has 19 heavy (non-hydrogen) atoms. The highest BCUT2D eigenvalue weighted by atomic mass is 32.1. The van der Waals surface area contributed by atoms with E-state index < -0.39 is 0 Å². The van der Waals surface area contributed by atoms with Crippen LogP contribution in [0.25, 0.3) is 4.96 Å². The van der Waals surface area contributed by atoms with Crippen molar-refractivity contribution < 1.29 is 9.21 Å². The van der Waals surface area contributed by atoms with Crippen LogP contribution in [0.3, 0.4) is 0 Å². The third-order valence-corrected chi connectivity index (χ3v) is 3.44. The number of aryl methyl sites for hydroxylation is 1. The van der Waals surface area contributed by atoms with E-state index in [4.69, 9.17) is 4.42 Å². The van der Waals surface area contributed by atoms with Crippen molar-refractivity contribution >= 4 is 22.2 Å². The Bertz CT molecular complexity index is 667. The zero-order chi connectivity index (χ0) is 13.2. The minimum absolute atomic E-state index is 0.208. The fourth-order valence-corrected chi connectivity index (χ4v) is 2.51. The van der Waals surface area contributed by atoms with Gasteiger partial charge in [-0.3, -0.25) is 4.79 Å². The molecule has 1 N–H and O–H groups in total. The number of fused-ring (bicyclic) bond motifs is 1. The summed E-state index contributed by atoms with van der Waals surface area (Å²) in [4.78, 5) is 16.9. The van der Waals surface area contributed by atoms with Crippen molar-refractivity contribution in [2.75, 3.05) is 6.54 Å². The second-order valence-corrected chi connectivity index (χ2v) is 5.22.